The summed E-state index contributed by atoms with van der Waals surface area (Å²) in [5.41, 5.74) is -0.584. The molecule has 0 spiro atoms. The third kappa shape index (κ3) is 1.97. The van der Waals surface area contributed by atoms with Gasteiger partial charge in [-0.2, -0.15) is 5.10 Å². The van der Waals surface area contributed by atoms with Crippen molar-refractivity contribution >= 4 is 28.5 Å². The van der Waals surface area contributed by atoms with Crippen molar-refractivity contribution in [1.82, 2.24) is 9.78 Å². The van der Waals surface area contributed by atoms with E-state index in [2.05, 4.69) is 5.10 Å². The van der Waals surface area contributed by atoms with Gasteiger partial charge in [-0.05, 0) is 18.6 Å². The molecular weight excluding hydrogens is 256 g/mol. The summed E-state index contributed by atoms with van der Waals surface area (Å²) in [4.78, 5) is 23.0. The van der Waals surface area contributed by atoms with Crippen LogP contribution in [-0.2, 0) is 6.54 Å². The highest BCUT2D eigenvalue weighted by Gasteiger charge is 2.17. The van der Waals surface area contributed by atoms with E-state index in [1.54, 1.807) is 18.2 Å². The van der Waals surface area contributed by atoms with Crippen molar-refractivity contribution in [2.75, 3.05) is 0 Å². The first kappa shape index (κ1) is 12.6. The van der Waals surface area contributed by atoms with Crippen molar-refractivity contribution in [2.24, 2.45) is 0 Å². The lowest BCUT2D eigenvalue weighted by atomic mass is 10.2. The molecule has 0 aliphatic heterocycles. The Kier molecular flexibility index (Phi) is 3.34. The summed E-state index contributed by atoms with van der Waals surface area (Å²) in [6.07, 6.45) is 0.774. The predicted molar refractivity (Wildman–Crippen MR) is 68.3 cm³/mol. The standard InChI is InChI=1S/C12H11ClN2O3/c1-2-6-15-8-5-3-4-7(13)9(8)11(16)10(14-15)12(17)18/h3-5H,2,6H2,1H3,(H,17,18). The number of carboxylic acids is 1. The molecule has 5 nitrogen and oxygen atoms in total. The van der Waals surface area contributed by atoms with Crippen molar-refractivity contribution in [2.45, 2.75) is 19.9 Å². The molecule has 1 aromatic heterocycles. The van der Waals surface area contributed by atoms with E-state index >= 15 is 0 Å². The third-order valence-electron chi connectivity index (χ3n) is 2.57. The highest BCUT2D eigenvalue weighted by atomic mass is 35.5. The van der Waals surface area contributed by atoms with Crippen molar-refractivity contribution < 1.29 is 9.90 Å². The number of hydrogen-bond acceptors (Lipinski definition) is 3. The lowest BCUT2D eigenvalue weighted by Gasteiger charge is -2.10. The van der Waals surface area contributed by atoms with Gasteiger partial charge in [-0.3, -0.25) is 9.48 Å². The Morgan fingerprint density at radius 3 is 2.83 bits per heavy atom. The van der Waals surface area contributed by atoms with Gasteiger partial charge in [-0.25, -0.2) is 4.79 Å². The number of aryl methyl sites for hydroxylation is 1. The van der Waals surface area contributed by atoms with Crippen LogP contribution in [0.25, 0.3) is 10.9 Å². The Morgan fingerprint density at radius 1 is 1.50 bits per heavy atom. The van der Waals surface area contributed by atoms with Crippen LogP contribution in [0.2, 0.25) is 5.02 Å². The van der Waals surface area contributed by atoms with Gasteiger partial charge in [0.2, 0.25) is 11.1 Å². The lowest BCUT2D eigenvalue weighted by molar-refractivity contribution is 0.0686. The Morgan fingerprint density at radius 2 is 2.22 bits per heavy atom. The SMILES string of the molecule is CCCn1nc(C(=O)O)c(=O)c2c(Cl)cccc21. The minimum atomic E-state index is -1.34. The molecule has 0 amide bonds. The number of nitrogens with zero attached hydrogens (tertiary/aromatic N) is 2. The summed E-state index contributed by atoms with van der Waals surface area (Å²) in [6.45, 7) is 2.47. The predicted octanol–water partition coefficient (Wildman–Crippen LogP) is 2.16. The zero-order chi connectivity index (χ0) is 13.3. The number of rotatable bonds is 3. The molecule has 0 fully saturated rings. The maximum atomic E-state index is 12.0. The fourth-order valence-electron chi connectivity index (χ4n) is 1.81. The fraction of sp³-hybridized carbons (Fsp3) is 0.250. The van der Waals surface area contributed by atoms with Crippen molar-refractivity contribution in [3.05, 3.63) is 39.1 Å². The maximum absolute atomic E-state index is 12.0. The number of aromatic carboxylic acids is 1. The third-order valence-corrected chi connectivity index (χ3v) is 2.89. The van der Waals surface area contributed by atoms with Crippen LogP contribution in [0.5, 0.6) is 0 Å². The van der Waals surface area contributed by atoms with Crippen molar-refractivity contribution in [1.29, 1.82) is 0 Å². The number of halogens is 1. The highest BCUT2D eigenvalue weighted by molar-refractivity contribution is 6.35. The van der Waals surface area contributed by atoms with Crippen LogP contribution in [0, 0.1) is 0 Å². The van der Waals surface area contributed by atoms with Crippen LogP contribution in [0.4, 0.5) is 0 Å². The van der Waals surface area contributed by atoms with Crippen LogP contribution < -0.4 is 5.43 Å². The molecule has 0 unspecified atom stereocenters. The first-order chi connectivity index (χ1) is 8.56. The summed E-state index contributed by atoms with van der Waals surface area (Å²) < 4.78 is 1.51. The number of carboxylic acid groups (broad SMARTS) is 1. The van der Waals surface area contributed by atoms with Gasteiger partial charge >= 0.3 is 5.97 Å². The van der Waals surface area contributed by atoms with Gasteiger partial charge < -0.3 is 5.11 Å². The monoisotopic (exact) mass is 266 g/mol. The van der Waals surface area contributed by atoms with Crippen LogP contribution >= 0.6 is 11.6 Å². The summed E-state index contributed by atoms with van der Waals surface area (Å²) in [5, 5.41) is 13.3. The molecular formula is C12H11ClN2O3. The van der Waals surface area contributed by atoms with Crippen LogP contribution in [0.3, 0.4) is 0 Å². The van der Waals surface area contributed by atoms with Gasteiger partial charge in [0.1, 0.15) is 0 Å². The van der Waals surface area contributed by atoms with Gasteiger partial charge in [0.25, 0.3) is 0 Å². The molecule has 1 aromatic carbocycles. The first-order valence-electron chi connectivity index (χ1n) is 5.49. The molecule has 0 radical (unpaired) electrons. The second-order valence-electron chi connectivity index (χ2n) is 3.84. The maximum Gasteiger partial charge on any atom is 0.360 e. The molecule has 18 heavy (non-hydrogen) atoms. The number of hydrogen-bond donors (Lipinski definition) is 1. The number of carbonyl (C=O) groups is 1. The van der Waals surface area contributed by atoms with Crippen molar-refractivity contribution in [3.63, 3.8) is 0 Å². The van der Waals surface area contributed by atoms with E-state index in [-0.39, 0.29) is 10.4 Å². The van der Waals surface area contributed by atoms with Crippen LogP contribution in [0.1, 0.15) is 23.8 Å². The minimum Gasteiger partial charge on any atom is -0.476 e. The van der Waals surface area contributed by atoms with E-state index < -0.39 is 17.1 Å². The smallest absolute Gasteiger partial charge is 0.360 e. The van der Waals surface area contributed by atoms with E-state index in [4.69, 9.17) is 16.7 Å². The average Bonchev–Trinajstić information content (AvgIpc) is 2.32. The lowest BCUT2D eigenvalue weighted by Crippen LogP contribution is -2.23. The molecule has 1 heterocycles. The van der Waals surface area contributed by atoms with Gasteiger partial charge in [0.05, 0.1) is 15.9 Å². The molecule has 0 aliphatic rings. The molecule has 0 saturated carbocycles. The van der Waals surface area contributed by atoms with E-state index in [0.717, 1.165) is 6.42 Å². The largest absolute Gasteiger partial charge is 0.476 e. The average molecular weight is 267 g/mol. The summed E-state index contributed by atoms with van der Waals surface area (Å²) in [6, 6.07) is 4.97. The zero-order valence-electron chi connectivity index (χ0n) is 9.68. The second-order valence-corrected chi connectivity index (χ2v) is 4.25. The first-order valence-corrected chi connectivity index (χ1v) is 5.86. The van der Waals surface area contributed by atoms with Gasteiger partial charge in [-0.15, -0.1) is 0 Å². The number of benzene rings is 1. The Labute approximate surface area is 108 Å². The molecule has 2 aromatic rings. The van der Waals surface area contributed by atoms with Crippen LogP contribution in [0.15, 0.2) is 23.0 Å². The Bertz CT molecular complexity index is 679. The highest BCUT2D eigenvalue weighted by Crippen LogP contribution is 2.20. The molecule has 2 rings (SSSR count). The van der Waals surface area contributed by atoms with E-state index in [1.807, 2.05) is 6.92 Å². The molecule has 6 heteroatoms. The molecule has 0 saturated heterocycles. The Balaban J connectivity index is 2.93. The summed E-state index contributed by atoms with van der Waals surface area (Å²) in [7, 11) is 0. The topological polar surface area (TPSA) is 72.2 Å². The van der Waals surface area contributed by atoms with E-state index in [0.29, 0.717) is 12.1 Å². The fourth-order valence-corrected chi connectivity index (χ4v) is 2.07. The quantitative estimate of drug-likeness (QED) is 0.924. The normalized spacial score (nSPS) is 10.8. The number of aromatic nitrogens is 2. The number of fused-ring (bicyclic) bond motifs is 1. The summed E-state index contributed by atoms with van der Waals surface area (Å²) >= 11 is 5.98. The molecule has 1 N–H and O–H groups in total. The van der Waals surface area contributed by atoms with Gasteiger partial charge in [0.15, 0.2) is 0 Å². The molecule has 0 aliphatic carbocycles. The molecule has 0 atom stereocenters. The second kappa shape index (κ2) is 4.78. The molecule has 94 valence electrons. The summed E-state index contributed by atoms with van der Waals surface area (Å²) in [5.74, 6) is -1.34. The minimum absolute atomic E-state index is 0.208. The van der Waals surface area contributed by atoms with E-state index in [1.165, 1.54) is 4.68 Å². The zero-order valence-corrected chi connectivity index (χ0v) is 10.4. The Hall–Kier alpha value is -1.88. The molecule has 0 bridgehead atoms. The van der Waals surface area contributed by atoms with Gasteiger partial charge in [-0.1, -0.05) is 24.6 Å². The van der Waals surface area contributed by atoms with Gasteiger partial charge in [0, 0.05) is 6.54 Å². The van der Waals surface area contributed by atoms with Crippen molar-refractivity contribution in [3.8, 4) is 0 Å². The van der Waals surface area contributed by atoms with E-state index in [9.17, 15) is 9.59 Å². The van der Waals surface area contributed by atoms with Crippen LogP contribution in [-0.4, -0.2) is 20.9 Å².